The number of carbonyl (C=O) groups excluding carboxylic acids is 2. The normalized spacial score (nSPS) is 19.8. The van der Waals surface area contributed by atoms with Gasteiger partial charge in [-0.05, 0) is 57.9 Å². The zero-order chi connectivity index (χ0) is 17.5. The lowest BCUT2D eigenvalue weighted by Gasteiger charge is -2.26. The van der Waals surface area contributed by atoms with Gasteiger partial charge in [-0.15, -0.1) is 0 Å². The molecule has 1 aromatic carbocycles. The first kappa shape index (κ1) is 18.0. The Bertz CT molecular complexity index is 592. The SMILES string of the molecule is CCOc1ccc(NC(=O)[C@H]2CC=CC[C@H]2C(=O)OC(C)C)cc1. The van der Waals surface area contributed by atoms with Gasteiger partial charge in [0.05, 0.1) is 24.5 Å². The van der Waals surface area contributed by atoms with E-state index in [1.807, 2.05) is 45.1 Å². The van der Waals surface area contributed by atoms with Crippen LogP contribution < -0.4 is 10.1 Å². The maximum atomic E-state index is 12.6. The third kappa shape index (κ3) is 4.85. The fourth-order valence-corrected chi connectivity index (χ4v) is 2.72. The first-order valence-electron chi connectivity index (χ1n) is 8.40. The van der Waals surface area contributed by atoms with Crippen LogP contribution in [0.4, 0.5) is 5.69 Å². The molecule has 0 saturated heterocycles. The van der Waals surface area contributed by atoms with Gasteiger partial charge in [0.25, 0.3) is 0 Å². The lowest BCUT2D eigenvalue weighted by Crippen LogP contribution is -2.36. The molecule has 0 spiro atoms. The molecule has 1 amide bonds. The standard InChI is InChI=1S/C19H25NO4/c1-4-23-15-11-9-14(10-12-15)20-18(21)16-7-5-6-8-17(16)19(22)24-13(2)3/h5-6,9-13,16-17H,4,7-8H2,1-3H3,(H,20,21)/t16-,17+/m0/s1. The molecule has 0 bridgehead atoms. The number of rotatable bonds is 6. The molecule has 1 N–H and O–H groups in total. The quantitative estimate of drug-likeness (QED) is 0.639. The lowest BCUT2D eigenvalue weighted by molar-refractivity contribution is -0.156. The summed E-state index contributed by atoms with van der Waals surface area (Å²) in [6, 6.07) is 7.21. The Morgan fingerprint density at radius 3 is 2.33 bits per heavy atom. The summed E-state index contributed by atoms with van der Waals surface area (Å²) in [7, 11) is 0. The number of hydrogen-bond donors (Lipinski definition) is 1. The topological polar surface area (TPSA) is 64.6 Å². The average Bonchev–Trinajstić information content (AvgIpc) is 2.56. The van der Waals surface area contributed by atoms with Gasteiger partial charge in [-0.3, -0.25) is 9.59 Å². The molecule has 5 nitrogen and oxygen atoms in total. The molecule has 0 radical (unpaired) electrons. The number of benzene rings is 1. The van der Waals surface area contributed by atoms with Gasteiger partial charge in [0.2, 0.25) is 5.91 Å². The molecule has 0 heterocycles. The molecule has 1 aromatic rings. The maximum Gasteiger partial charge on any atom is 0.310 e. The summed E-state index contributed by atoms with van der Waals surface area (Å²) in [5, 5.41) is 2.88. The van der Waals surface area contributed by atoms with E-state index in [9.17, 15) is 9.59 Å². The van der Waals surface area contributed by atoms with Crippen molar-refractivity contribution >= 4 is 17.6 Å². The summed E-state index contributed by atoms with van der Waals surface area (Å²) in [6.45, 7) is 6.14. The van der Waals surface area contributed by atoms with Crippen LogP contribution in [0.2, 0.25) is 0 Å². The van der Waals surface area contributed by atoms with Crippen molar-refractivity contribution < 1.29 is 19.1 Å². The lowest BCUT2D eigenvalue weighted by atomic mass is 9.82. The fraction of sp³-hybridized carbons (Fsp3) is 0.474. The smallest absolute Gasteiger partial charge is 0.310 e. The highest BCUT2D eigenvalue weighted by Crippen LogP contribution is 2.29. The number of ether oxygens (including phenoxy) is 2. The van der Waals surface area contributed by atoms with Gasteiger partial charge in [-0.1, -0.05) is 12.2 Å². The van der Waals surface area contributed by atoms with Crippen LogP contribution in [-0.2, 0) is 14.3 Å². The van der Waals surface area contributed by atoms with E-state index < -0.39 is 11.8 Å². The van der Waals surface area contributed by atoms with Crippen LogP contribution in [0.25, 0.3) is 0 Å². The zero-order valence-electron chi connectivity index (χ0n) is 14.5. The number of esters is 1. The Labute approximate surface area is 143 Å². The van der Waals surface area contributed by atoms with E-state index in [1.54, 1.807) is 12.1 Å². The minimum absolute atomic E-state index is 0.158. The number of hydrogen-bond acceptors (Lipinski definition) is 4. The minimum Gasteiger partial charge on any atom is -0.494 e. The molecule has 0 aromatic heterocycles. The third-order valence-electron chi connectivity index (χ3n) is 3.86. The Kier molecular flexibility index (Phi) is 6.41. The Morgan fingerprint density at radius 1 is 1.12 bits per heavy atom. The number of anilines is 1. The number of amides is 1. The minimum atomic E-state index is -0.430. The molecule has 24 heavy (non-hydrogen) atoms. The van der Waals surface area contributed by atoms with Crippen molar-refractivity contribution in [2.45, 2.75) is 39.7 Å². The van der Waals surface area contributed by atoms with Gasteiger partial charge >= 0.3 is 5.97 Å². The third-order valence-corrected chi connectivity index (χ3v) is 3.86. The highest BCUT2D eigenvalue weighted by Gasteiger charge is 2.35. The fourth-order valence-electron chi connectivity index (χ4n) is 2.72. The molecular formula is C19H25NO4. The maximum absolute atomic E-state index is 12.6. The van der Waals surface area contributed by atoms with Crippen LogP contribution in [-0.4, -0.2) is 24.6 Å². The summed E-state index contributed by atoms with van der Waals surface area (Å²) < 4.78 is 10.7. The van der Waals surface area contributed by atoms with Gasteiger partial charge in [0, 0.05) is 5.69 Å². The van der Waals surface area contributed by atoms with Gasteiger partial charge < -0.3 is 14.8 Å². The van der Waals surface area contributed by atoms with Crippen LogP contribution in [0.5, 0.6) is 5.75 Å². The van der Waals surface area contributed by atoms with E-state index in [-0.39, 0.29) is 18.0 Å². The molecule has 1 aliphatic carbocycles. The second-order valence-electron chi connectivity index (χ2n) is 6.09. The van der Waals surface area contributed by atoms with Crippen molar-refractivity contribution in [2.75, 3.05) is 11.9 Å². The zero-order valence-corrected chi connectivity index (χ0v) is 14.5. The molecular weight excluding hydrogens is 306 g/mol. The largest absolute Gasteiger partial charge is 0.494 e. The average molecular weight is 331 g/mol. The van der Waals surface area contributed by atoms with E-state index >= 15 is 0 Å². The molecule has 0 unspecified atom stereocenters. The predicted molar refractivity (Wildman–Crippen MR) is 92.8 cm³/mol. The Morgan fingerprint density at radius 2 is 1.75 bits per heavy atom. The highest BCUT2D eigenvalue weighted by atomic mass is 16.5. The van der Waals surface area contributed by atoms with Crippen LogP contribution in [0.15, 0.2) is 36.4 Å². The number of allylic oxidation sites excluding steroid dienone is 2. The highest BCUT2D eigenvalue weighted by molar-refractivity contribution is 5.95. The predicted octanol–water partition coefficient (Wildman–Crippen LogP) is 3.56. The van der Waals surface area contributed by atoms with Crippen LogP contribution in [0.3, 0.4) is 0 Å². The summed E-state index contributed by atoms with van der Waals surface area (Å²) in [5.41, 5.74) is 0.689. The molecule has 0 saturated carbocycles. The molecule has 2 atom stereocenters. The van der Waals surface area contributed by atoms with Gasteiger partial charge in [-0.25, -0.2) is 0 Å². The van der Waals surface area contributed by atoms with E-state index in [2.05, 4.69) is 5.32 Å². The molecule has 1 aliphatic rings. The van der Waals surface area contributed by atoms with E-state index in [4.69, 9.17) is 9.47 Å². The summed E-state index contributed by atoms with van der Waals surface area (Å²) in [4.78, 5) is 24.8. The van der Waals surface area contributed by atoms with Crippen LogP contribution >= 0.6 is 0 Å². The second kappa shape index (κ2) is 8.52. The summed E-state index contributed by atoms with van der Waals surface area (Å²) >= 11 is 0. The molecule has 0 fully saturated rings. The number of nitrogens with one attached hydrogen (secondary N) is 1. The van der Waals surface area contributed by atoms with Crippen molar-refractivity contribution in [3.8, 4) is 5.75 Å². The monoisotopic (exact) mass is 331 g/mol. The molecule has 2 rings (SSSR count). The van der Waals surface area contributed by atoms with Gasteiger partial charge in [-0.2, -0.15) is 0 Å². The van der Waals surface area contributed by atoms with Crippen molar-refractivity contribution in [2.24, 2.45) is 11.8 Å². The molecule has 5 heteroatoms. The number of carbonyl (C=O) groups is 2. The van der Waals surface area contributed by atoms with Gasteiger partial charge in [0.1, 0.15) is 5.75 Å². The van der Waals surface area contributed by atoms with Crippen molar-refractivity contribution in [3.05, 3.63) is 36.4 Å². The van der Waals surface area contributed by atoms with E-state index in [0.717, 1.165) is 5.75 Å². The first-order chi connectivity index (χ1) is 11.5. The Hall–Kier alpha value is -2.30. The summed E-state index contributed by atoms with van der Waals surface area (Å²) in [5.74, 6) is -0.544. The van der Waals surface area contributed by atoms with E-state index in [0.29, 0.717) is 25.1 Å². The van der Waals surface area contributed by atoms with Crippen molar-refractivity contribution in [1.82, 2.24) is 0 Å². The first-order valence-corrected chi connectivity index (χ1v) is 8.40. The van der Waals surface area contributed by atoms with Crippen LogP contribution in [0, 0.1) is 11.8 Å². The molecule has 130 valence electrons. The molecule has 0 aliphatic heterocycles. The summed E-state index contributed by atoms with van der Waals surface area (Å²) in [6.07, 6.45) is 4.78. The van der Waals surface area contributed by atoms with Gasteiger partial charge in [0.15, 0.2) is 0 Å². The van der Waals surface area contributed by atoms with Crippen molar-refractivity contribution in [3.63, 3.8) is 0 Å². The Balaban J connectivity index is 2.03. The second-order valence-corrected chi connectivity index (χ2v) is 6.09. The van der Waals surface area contributed by atoms with Crippen LogP contribution in [0.1, 0.15) is 33.6 Å². The van der Waals surface area contributed by atoms with Crippen molar-refractivity contribution in [1.29, 1.82) is 0 Å². The van der Waals surface area contributed by atoms with E-state index in [1.165, 1.54) is 0 Å².